The molecule has 0 bridgehead atoms. The van der Waals surface area contributed by atoms with Crippen molar-refractivity contribution in [1.29, 1.82) is 0 Å². The van der Waals surface area contributed by atoms with Crippen LogP contribution in [-0.4, -0.2) is 9.15 Å². The lowest BCUT2D eigenvalue weighted by Gasteiger charge is -2.42. The maximum Gasteiger partial charge on any atom is 0.0405 e. The van der Waals surface area contributed by atoms with Crippen LogP contribution in [0.15, 0.2) is 0 Å². The molecule has 0 aliphatic carbocycles. The van der Waals surface area contributed by atoms with Gasteiger partial charge in [0.05, 0.1) is 0 Å². The zero-order valence-corrected chi connectivity index (χ0v) is 11.6. The Bertz CT molecular complexity index is 137. The Hall–Kier alpha value is 0.960. The van der Waals surface area contributed by atoms with Gasteiger partial charge in [-0.15, -0.1) is 0 Å². The number of halogens is 2. The molecule has 0 aromatic heterocycles. The summed E-state index contributed by atoms with van der Waals surface area (Å²) in [4.78, 5) is 0.242. The lowest BCUT2D eigenvalue weighted by atomic mass is 9.75. The zero-order valence-electron chi connectivity index (χ0n) is 8.45. The first-order chi connectivity index (χ1) is 5.25. The van der Waals surface area contributed by atoms with Crippen molar-refractivity contribution >= 4 is 31.9 Å². The minimum atomic E-state index is 0.0655. The third-order valence-corrected chi connectivity index (χ3v) is 5.94. The monoisotopic (exact) mass is 297 g/mol. The van der Waals surface area contributed by atoms with Gasteiger partial charge < -0.3 is 0 Å². The van der Waals surface area contributed by atoms with E-state index in [1.165, 1.54) is 12.8 Å². The van der Waals surface area contributed by atoms with E-state index < -0.39 is 0 Å². The van der Waals surface area contributed by atoms with E-state index in [0.29, 0.717) is 0 Å². The summed E-state index contributed by atoms with van der Waals surface area (Å²) in [7, 11) is 0. The van der Waals surface area contributed by atoms with Crippen molar-refractivity contribution in [3.63, 3.8) is 0 Å². The highest BCUT2D eigenvalue weighted by molar-refractivity contribution is 9.12. The largest absolute Gasteiger partial charge is 0.0875 e. The van der Waals surface area contributed by atoms with Crippen molar-refractivity contribution in [2.45, 2.75) is 49.7 Å². The van der Waals surface area contributed by atoms with E-state index in [4.69, 9.17) is 0 Å². The summed E-state index contributed by atoms with van der Waals surface area (Å²) in [5, 5.41) is 0. The Kier molecular flexibility index (Phi) is 4.81. The summed E-state index contributed by atoms with van der Waals surface area (Å²) >= 11 is 7.30. The minimum Gasteiger partial charge on any atom is -0.0875 e. The number of hydrogen-bond donors (Lipinski definition) is 0. The third-order valence-electron chi connectivity index (χ3n) is 2.79. The summed E-state index contributed by atoms with van der Waals surface area (Å²) in [5.74, 6) is 0. The second-order valence-corrected chi connectivity index (χ2v) is 6.93. The van der Waals surface area contributed by atoms with E-state index >= 15 is 0 Å². The molecular formula is C10H19Br2. The molecule has 2 atom stereocenters. The summed E-state index contributed by atoms with van der Waals surface area (Å²) in [6, 6.07) is 0. The fraction of sp³-hybridized carbons (Fsp3) is 0.900. The fourth-order valence-corrected chi connectivity index (χ4v) is 2.11. The second-order valence-electron chi connectivity index (χ2n) is 4.18. The topological polar surface area (TPSA) is 0 Å². The van der Waals surface area contributed by atoms with Crippen molar-refractivity contribution < 1.29 is 0 Å². The van der Waals surface area contributed by atoms with Crippen molar-refractivity contribution in [2.75, 3.05) is 0 Å². The molecule has 0 aromatic rings. The molecule has 2 heteroatoms. The van der Waals surface area contributed by atoms with Gasteiger partial charge in [0.2, 0.25) is 0 Å². The zero-order chi connectivity index (χ0) is 9.99. The van der Waals surface area contributed by atoms with Crippen LogP contribution in [0.3, 0.4) is 0 Å². The van der Waals surface area contributed by atoms with E-state index in [2.05, 4.69) is 66.5 Å². The van der Waals surface area contributed by atoms with Gasteiger partial charge >= 0.3 is 0 Å². The molecule has 0 aliphatic rings. The van der Waals surface area contributed by atoms with Crippen molar-refractivity contribution in [1.82, 2.24) is 0 Å². The Labute approximate surface area is 93.8 Å². The van der Waals surface area contributed by atoms with Crippen LogP contribution in [-0.2, 0) is 0 Å². The second kappa shape index (κ2) is 4.45. The standard InChI is InChI=1S/C10H19Br2/c1-6-7-9(3,4)10(5,12)8(2)11/h8H,2,6-7H2,1,3-5H3. The average molecular weight is 299 g/mol. The predicted molar refractivity (Wildman–Crippen MR) is 64.1 cm³/mol. The van der Waals surface area contributed by atoms with Crippen LogP contribution in [0.25, 0.3) is 0 Å². The molecule has 0 amide bonds. The molecule has 12 heavy (non-hydrogen) atoms. The predicted octanol–water partition coefficient (Wildman–Crippen LogP) is 4.56. The molecule has 73 valence electrons. The summed E-state index contributed by atoms with van der Waals surface area (Å²) in [6.07, 6.45) is 2.43. The van der Waals surface area contributed by atoms with Crippen molar-refractivity contribution in [3.05, 3.63) is 6.92 Å². The van der Waals surface area contributed by atoms with Gasteiger partial charge in [-0.3, -0.25) is 0 Å². The van der Waals surface area contributed by atoms with E-state index in [0.717, 1.165) is 0 Å². The van der Waals surface area contributed by atoms with Gasteiger partial charge in [0.25, 0.3) is 0 Å². The molecule has 0 heterocycles. The Morgan fingerprint density at radius 3 is 2.00 bits per heavy atom. The molecule has 0 saturated carbocycles. The number of rotatable bonds is 4. The molecule has 0 rings (SSSR count). The first-order valence-electron chi connectivity index (χ1n) is 4.41. The van der Waals surface area contributed by atoms with E-state index in [9.17, 15) is 0 Å². The molecule has 0 spiro atoms. The van der Waals surface area contributed by atoms with Crippen molar-refractivity contribution in [2.24, 2.45) is 5.41 Å². The van der Waals surface area contributed by atoms with Crippen LogP contribution in [0.2, 0.25) is 0 Å². The van der Waals surface area contributed by atoms with Gasteiger partial charge in [-0.05, 0) is 25.7 Å². The quantitative estimate of drug-likeness (QED) is 0.667. The molecule has 0 N–H and O–H groups in total. The van der Waals surface area contributed by atoms with Gasteiger partial charge in [0, 0.05) is 9.15 Å². The molecule has 0 aromatic carbocycles. The van der Waals surface area contributed by atoms with Gasteiger partial charge in [0.1, 0.15) is 0 Å². The van der Waals surface area contributed by atoms with E-state index in [1.807, 2.05) is 0 Å². The van der Waals surface area contributed by atoms with Gasteiger partial charge in [-0.25, -0.2) is 0 Å². The highest BCUT2D eigenvalue weighted by Crippen LogP contribution is 2.46. The van der Waals surface area contributed by atoms with E-state index in [1.54, 1.807) is 0 Å². The maximum atomic E-state index is 4.03. The fourth-order valence-electron chi connectivity index (χ4n) is 1.29. The van der Waals surface area contributed by atoms with Crippen LogP contribution in [0.1, 0.15) is 40.5 Å². The minimum absolute atomic E-state index is 0.0655. The molecule has 0 saturated heterocycles. The highest BCUT2D eigenvalue weighted by atomic mass is 79.9. The maximum absolute atomic E-state index is 4.03. The molecular weight excluding hydrogens is 280 g/mol. The Balaban J connectivity index is 4.50. The van der Waals surface area contributed by atoms with Gasteiger partial charge in [-0.2, -0.15) is 0 Å². The molecule has 0 nitrogen and oxygen atoms in total. The van der Waals surface area contributed by atoms with Gasteiger partial charge in [-0.1, -0.05) is 59.1 Å². The first-order valence-corrected chi connectivity index (χ1v) is 6.12. The summed E-state index contributed by atoms with van der Waals surface area (Å²) in [6.45, 7) is 13.0. The van der Waals surface area contributed by atoms with Crippen LogP contribution in [0.5, 0.6) is 0 Å². The number of hydrogen-bond acceptors (Lipinski definition) is 0. The molecule has 0 fully saturated rings. The Morgan fingerprint density at radius 2 is 1.75 bits per heavy atom. The molecule has 0 aliphatic heterocycles. The smallest absolute Gasteiger partial charge is 0.0405 e. The van der Waals surface area contributed by atoms with Crippen LogP contribution in [0.4, 0.5) is 0 Å². The van der Waals surface area contributed by atoms with Crippen LogP contribution >= 0.6 is 31.9 Å². The van der Waals surface area contributed by atoms with Crippen molar-refractivity contribution in [3.8, 4) is 0 Å². The van der Waals surface area contributed by atoms with Gasteiger partial charge in [0.15, 0.2) is 0 Å². The van der Waals surface area contributed by atoms with E-state index in [-0.39, 0.29) is 14.6 Å². The molecule has 2 unspecified atom stereocenters. The summed E-state index contributed by atoms with van der Waals surface area (Å²) < 4.78 is 0.0655. The SMILES string of the molecule is [CH2]C(Br)C(C)(Br)C(C)(C)CCC. The van der Waals surface area contributed by atoms with Crippen LogP contribution < -0.4 is 0 Å². The van der Waals surface area contributed by atoms with Crippen LogP contribution in [0, 0.1) is 12.3 Å². The lowest BCUT2D eigenvalue weighted by Crippen LogP contribution is -2.42. The lowest BCUT2D eigenvalue weighted by molar-refractivity contribution is 0.254. The average Bonchev–Trinajstić information content (AvgIpc) is 1.86. The Morgan fingerprint density at radius 1 is 1.33 bits per heavy atom. The third kappa shape index (κ3) is 2.73. The summed E-state index contributed by atoms with van der Waals surface area (Å²) in [5.41, 5.74) is 0.275. The first kappa shape index (κ1) is 13.0. The molecule has 1 radical (unpaired) electrons. The highest BCUT2D eigenvalue weighted by Gasteiger charge is 2.41. The number of alkyl halides is 2. The normalized spacial score (nSPS) is 20.2.